The van der Waals surface area contributed by atoms with E-state index >= 15 is 0 Å². The molecule has 2 rings (SSSR count). The lowest BCUT2D eigenvalue weighted by Crippen LogP contribution is -2.28. The average molecular weight is 508 g/mol. The van der Waals surface area contributed by atoms with Crippen molar-refractivity contribution in [1.82, 2.24) is 5.32 Å². The number of ether oxygens (including phenoxy) is 1. The number of amides is 1. The van der Waals surface area contributed by atoms with Crippen LogP contribution < -0.4 is 21.1 Å². The van der Waals surface area contributed by atoms with E-state index in [-0.39, 0.29) is 54.7 Å². The van der Waals surface area contributed by atoms with Crippen LogP contribution in [0.2, 0.25) is 0 Å². The largest absolute Gasteiger partial charge is 0.573 e. The highest BCUT2D eigenvalue weighted by molar-refractivity contribution is 14.0. The SMILES string of the molecule is Cc1cccc(C(=O)NCCN=C(N)Nc2ccc(OC(F)(F)F)cc2)c1.I. The molecule has 4 N–H and O–H groups in total. The number of guanidine groups is 1. The van der Waals surface area contributed by atoms with Crippen LogP contribution in [-0.2, 0) is 0 Å². The number of alkyl halides is 3. The van der Waals surface area contributed by atoms with Crippen LogP contribution in [0.5, 0.6) is 5.75 Å². The number of rotatable bonds is 6. The number of nitrogens with one attached hydrogen (secondary N) is 2. The van der Waals surface area contributed by atoms with Gasteiger partial charge in [-0.3, -0.25) is 9.79 Å². The van der Waals surface area contributed by atoms with Crippen LogP contribution in [0.3, 0.4) is 0 Å². The van der Waals surface area contributed by atoms with E-state index in [0.717, 1.165) is 17.7 Å². The molecule has 28 heavy (non-hydrogen) atoms. The van der Waals surface area contributed by atoms with Crippen molar-refractivity contribution in [2.75, 3.05) is 18.4 Å². The first-order valence-corrected chi connectivity index (χ1v) is 8.00. The minimum Gasteiger partial charge on any atom is -0.406 e. The molecule has 0 saturated heterocycles. The van der Waals surface area contributed by atoms with Crippen molar-refractivity contribution in [2.24, 2.45) is 10.7 Å². The van der Waals surface area contributed by atoms with Gasteiger partial charge in [-0.05, 0) is 43.3 Å². The molecular formula is C18H20F3IN4O2. The Bertz CT molecular complexity index is 811. The minimum absolute atomic E-state index is 0. The summed E-state index contributed by atoms with van der Waals surface area (Å²) in [5, 5.41) is 5.46. The molecule has 0 radical (unpaired) electrons. The predicted molar refractivity (Wildman–Crippen MR) is 112 cm³/mol. The second-order valence-electron chi connectivity index (χ2n) is 5.59. The number of benzene rings is 2. The lowest BCUT2D eigenvalue weighted by atomic mass is 10.1. The quantitative estimate of drug-likeness (QED) is 0.241. The van der Waals surface area contributed by atoms with Gasteiger partial charge in [0.15, 0.2) is 5.96 Å². The zero-order valence-electron chi connectivity index (χ0n) is 14.9. The molecule has 0 aliphatic rings. The van der Waals surface area contributed by atoms with Gasteiger partial charge in [0.1, 0.15) is 5.75 Å². The van der Waals surface area contributed by atoms with Crippen LogP contribution in [0.25, 0.3) is 0 Å². The summed E-state index contributed by atoms with van der Waals surface area (Å²) < 4.78 is 40.1. The first-order valence-electron chi connectivity index (χ1n) is 8.00. The van der Waals surface area contributed by atoms with Crippen molar-refractivity contribution in [3.05, 3.63) is 59.7 Å². The fraction of sp³-hybridized carbons (Fsp3) is 0.222. The molecule has 1 amide bonds. The number of nitrogens with zero attached hydrogens (tertiary/aromatic N) is 1. The van der Waals surface area contributed by atoms with E-state index in [2.05, 4.69) is 20.4 Å². The molecule has 6 nitrogen and oxygen atoms in total. The molecule has 0 saturated carbocycles. The third-order valence-corrected chi connectivity index (χ3v) is 3.32. The number of anilines is 1. The Hall–Kier alpha value is -2.50. The van der Waals surface area contributed by atoms with Gasteiger partial charge in [-0.2, -0.15) is 0 Å². The molecule has 0 fully saturated rings. The summed E-state index contributed by atoms with van der Waals surface area (Å²) in [5.41, 5.74) is 7.71. The van der Waals surface area contributed by atoms with Crippen molar-refractivity contribution in [1.29, 1.82) is 0 Å². The lowest BCUT2D eigenvalue weighted by molar-refractivity contribution is -0.274. The van der Waals surface area contributed by atoms with Crippen LogP contribution in [0.4, 0.5) is 18.9 Å². The van der Waals surface area contributed by atoms with Crippen LogP contribution in [0.15, 0.2) is 53.5 Å². The minimum atomic E-state index is -4.74. The van der Waals surface area contributed by atoms with E-state index in [0.29, 0.717) is 11.3 Å². The normalized spacial score (nSPS) is 11.4. The smallest absolute Gasteiger partial charge is 0.406 e. The monoisotopic (exact) mass is 508 g/mol. The molecule has 2 aromatic rings. The van der Waals surface area contributed by atoms with Crippen molar-refractivity contribution in [3.63, 3.8) is 0 Å². The maximum Gasteiger partial charge on any atom is 0.573 e. The van der Waals surface area contributed by atoms with Crippen molar-refractivity contribution < 1.29 is 22.7 Å². The van der Waals surface area contributed by atoms with E-state index in [9.17, 15) is 18.0 Å². The molecule has 0 atom stereocenters. The Morgan fingerprint density at radius 1 is 1.18 bits per heavy atom. The van der Waals surface area contributed by atoms with Crippen molar-refractivity contribution in [2.45, 2.75) is 13.3 Å². The Morgan fingerprint density at radius 2 is 1.86 bits per heavy atom. The Kier molecular flexibility index (Phi) is 9.03. The number of carbonyl (C=O) groups excluding carboxylic acids is 1. The Balaban J connectivity index is 0.00000392. The van der Waals surface area contributed by atoms with Crippen LogP contribution in [-0.4, -0.2) is 31.3 Å². The van der Waals surface area contributed by atoms with E-state index in [4.69, 9.17) is 5.73 Å². The number of halogens is 4. The molecule has 0 heterocycles. The van der Waals surface area contributed by atoms with E-state index in [1.165, 1.54) is 12.1 Å². The highest BCUT2D eigenvalue weighted by Crippen LogP contribution is 2.23. The topological polar surface area (TPSA) is 88.7 Å². The van der Waals surface area contributed by atoms with Crippen LogP contribution >= 0.6 is 24.0 Å². The fourth-order valence-electron chi connectivity index (χ4n) is 2.16. The van der Waals surface area contributed by atoms with Gasteiger partial charge in [0.2, 0.25) is 0 Å². The van der Waals surface area contributed by atoms with Gasteiger partial charge in [-0.15, -0.1) is 37.1 Å². The Labute approximate surface area is 177 Å². The zero-order valence-corrected chi connectivity index (χ0v) is 17.2. The van der Waals surface area contributed by atoms with Gasteiger partial charge in [0.05, 0.1) is 6.54 Å². The summed E-state index contributed by atoms with van der Waals surface area (Å²) in [5.74, 6) is -0.465. The van der Waals surface area contributed by atoms with Gasteiger partial charge < -0.3 is 21.1 Å². The maximum atomic E-state index is 12.1. The maximum absolute atomic E-state index is 12.1. The van der Waals surface area contributed by atoms with Crippen LogP contribution in [0, 0.1) is 6.92 Å². The molecule has 0 unspecified atom stereocenters. The highest BCUT2D eigenvalue weighted by atomic mass is 127. The Morgan fingerprint density at radius 3 is 2.46 bits per heavy atom. The first kappa shape index (κ1) is 23.5. The summed E-state index contributed by atoms with van der Waals surface area (Å²) in [6, 6.07) is 12.3. The summed E-state index contributed by atoms with van der Waals surface area (Å²) in [6.45, 7) is 2.42. The number of hydrogen-bond acceptors (Lipinski definition) is 3. The van der Waals surface area contributed by atoms with Crippen molar-refractivity contribution in [3.8, 4) is 5.75 Å². The lowest BCUT2D eigenvalue weighted by Gasteiger charge is -2.10. The van der Waals surface area contributed by atoms with Gasteiger partial charge in [-0.1, -0.05) is 17.7 Å². The standard InChI is InChI=1S/C18H19F3N4O2.HI/c1-12-3-2-4-13(11-12)16(26)23-9-10-24-17(22)25-14-5-7-15(8-6-14)27-18(19,20)21;/h2-8,11H,9-10H2,1H3,(H,23,26)(H3,22,24,25);1H. The summed E-state index contributed by atoms with van der Waals surface area (Å²) in [7, 11) is 0. The van der Waals surface area contributed by atoms with E-state index in [1.54, 1.807) is 18.2 Å². The molecular weight excluding hydrogens is 488 g/mol. The van der Waals surface area contributed by atoms with Crippen LogP contribution in [0.1, 0.15) is 15.9 Å². The second kappa shape index (κ2) is 10.7. The summed E-state index contributed by atoms with van der Waals surface area (Å²) in [4.78, 5) is 16.0. The summed E-state index contributed by atoms with van der Waals surface area (Å²) >= 11 is 0. The summed E-state index contributed by atoms with van der Waals surface area (Å²) in [6.07, 6.45) is -4.74. The molecule has 152 valence electrons. The molecule has 0 spiro atoms. The number of aryl methyl sites for hydroxylation is 1. The van der Waals surface area contributed by atoms with E-state index in [1.807, 2.05) is 13.0 Å². The third-order valence-electron chi connectivity index (χ3n) is 3.32. The molecule has 0 aliphatic carbocycles. The third kappa shape index (κ3) is 8.46. The molecule has 10 heteroatoms. The molecule has 0 aromatic heterocycles. The van der Waals surface area contributed by atoms with Gasteiger partial charge in [0.25, 0.3) is 5.91 Å². The zero-order chi connectivity index (χ0) is 19.9. The van der Waals surface area contributed by atoms with E-state index < -0.39 is 6.36 Å². The number of nitrogens with two attached hydrogens (primary N) is 1. The second-order valence-corrected chi connectivity index (χ2v) is 5.59. The molecule has 2 aromatic carbocycles. The predicted octanol–water partition coefficient (Wildman–Crippen LogP) is 3.67. The first-order chi connectivity index (χ1) is 12.7. The number of carbonyl (C=O) groups is 1. The molecule has 0 aliphatic heterocycles. The van der Waals surface area contributed by atoms with Gasteiger partial charge >= 0.3 is 6.36 Å². The van der Waals surface area contributed by atoms with Crippen molar-refractivity contribution >= 4 is 41.5 Å². The number of aliphatic imine (C=N–C) groups is 1. The highest BCUT2D eigenvalue weighted by Gasteiger charge is 2.30. The van der Waals surface area contributed by atoms with Gasteiger partial charge in [0, 0.05) is 17.8 Å². The average Bonchev–Trinajstić information content (AvgIpc) is 2.59. The number of hydrogen-bond donors (Lipinski definition) is 3. The fourth-order valence-corrected chi connectivity index (χ4v) is 2.16. The van der Waals surface area contributed by atoms with Gasteiger partial charge in [-0.25, -0.2) is 0 Å². The molecule has 0 bridgehead atoms.